The molecule has 0 spiro atoms. The number of hydrogen-bond acceptors (Lipinski definition) is 8. The normalized spacial score (nSPS) is 10.2. The van der Waals surface area contributed by atoms with Gasteiger partial charge in [0.25, 0.3) is 0 Å². The smallest absolute Gasteiger partial charge is 0.319 e. The number of aromatic nitrogens is 1. The van der Waals surface area contributed by atoms with Gasteiger partial charge in [-0.15, -0.1) is 23.7 Å². The molecule has 7 nitrogen and oxygen atoms in total. The summed E-state index contributed by atoms with van der Waals surface area (Å²) >= 11 is 1.40. The van der Waals surface area contributed by atoms with Gasteiger partial charge in [-0.1, -0.05) is 0 Å². The van der Waals surface area contributed by atoms with Crippen LogP contribution in [0.2, 0.25) is 0 Å². The zero-order valence-corrected chi connectivity index (χ0v) is 16.0. The average Bonchev–Trinajstić information content (AvgIpc) is 2.98. The zero-order valence-electron chi connectivity index (χ0n) is 14.4. The third kappa shape index (κ3) is 6.41. The van der Waals surface area contributed by atoms with Gasteiger partial charge in [0, 0.05) is 30.2 Å². The fourth-order valence-electron chi connectivity index (χ4n) is 2.25. The van der Waals surface area contributed by atoms with Crippen LogP contribution in [0.5, 0.6) is 11.5 Å². The lowest BCUT2D eigenvalue weighted by molar-refractivity contribution is -0.142. The Hall–Kier alpha value is -2.03. The minimum absolute atomic E-state index is 0. The van der Waals surface area contributed by atoms with Crippen LogP contribution in [0.3, 0.4) is 0 Å². The van der Waals surface area contributed by atoms with E-state index < -0.39 is 0 Å². The minimum Gasteiger partial charge on any atom is -0.497 e. The molecule has 0 aliphatic heterocycles. The van der Waals surface area contributed by atoms with Crippen LogP contribution in [0, 0.1) is 0 Å². The second-order valence-electron chi connectivity index (χ2n) is 5.11. The van der Waals surface area contributed by atoms with Gasteiger partial charge in [0.05, 0.1) is 27.9 Å². The Kier molecular flexibility index (Phi) is 8.47. The number of halogens is 1. The van der Waals surface area contributed by atoms with E-state index in [2.05, 4.69) is 4.98 Å². The number of ether oxygens (including phenoxy) is 3. The highest BCUT2D eigenvalue weighted by Gasteiger charge is 2.15. The Labute approximate surface area is 157 Å². The number of carbonyl (C=O) groups is 1. The molecule has 1 aromatic carbocycles. The van der Waals surface area contributed by atoms with Gasteiger partial charge in [-0.2, -0.15) is 0 Å². The van der Waals surface area contributed by atoms with E-state index >= 15 is 0 Å². The van der Waals surface area contributed by atoms with Gasteiger partial charge in [-0.25, -0.2) is 4.98 Å². The number of anilines is 1. The summed E-state index contributed by atoms with van der Waals surface area (Å²) in [6, 6.07) is 5.62. The quantitative estimate of drug-likeness (QED) is 0.695. The van der Waals surface area contributed by atoms with Crippen LogP contribution in [0.1, 0.15) is 10.4 Å². The van der Waals surface area contributed by atoms with Crippen molar-refractivity contribution < 1.29 is 19.0 Å². The van der Waals surface area contributed by atoms with Crippen LogP contribution in [0.4, 0.5) is 5.13 Å². The fourth-order valence-corrected chi connectivity index (χ4v) is 2.97. The van der Waals surface area contributed by atoms with Gasteiger partial charge in [0.15, 0.2) is 5.13 Å². The molecule has 0 unspecified atom stereocenters. The van der Waals surface area contributed by atoms with Crippen molar-refractivity contribution >= 4 is 34.8 Å². The first-order chi connectivity index (χ1) is 11.5. The third-order valence-corrected chi connectivity index (χ3v) is 4.16. The molecule has 0 aliphatic carbocycles. The second-order valence-corrected chi connectivity index (χ2v) is 6.25. The van der Waals surface area contributed by atoms with Crippen molar-refractivity contribution in [2.45, 2.75) is 13.1 Å². The van der Waals surface area contributed by atoms with E-state index in [-0.39, 0.29) is 24.9 Å². The highest BCUT2D eigenvalue weighted by Crippen LogP contribution is 2.24. The molecule has 2 rings (SSSR count). The van der Waals surface area contributed by atoms with E-state index in [4.69, 9.17) is 19.9 Å². The maximum Gasteiger partial charge on any atom is 0.319 e. The Morgan fingerprint density at radius 3 is 2.28 bits per heavy atom. The highest BCUT2D eigenvalue weighted by atomic mass is 35.5. The molecule has 0 fully saturated rings. The molecule has 2 aromatic rings. The van der Waals surface area contributed by atoms with Crippen molar-refractivity contribution in [2.24, 2.45) is 0 Å². The molecular weight excluding hydrogens is 366 g/mol. The summed E-state index contributed by atoms with van der Waals surface area (Å²) < 4.78 is 15.4. The molecule has 0 bridgehead atoms. The number of nitrogen functional groups attached to an aromatic ring is 1. The van der Waals surface area contributed by atoms with Gasteiger partial charge in [-0.05, 0) is 17.7 Å². The Morgan fingerprint density at radius 1 is 1.16 bits per heavy atom. The van der Waals surface area contributed by atoms with Crippen LogP contribution < -0.4 is 15.2 Å². The number of thiazole rings is 1. The zero-order chi connectivity index (χ0) is 17.5. The van der Waals surface area contributed by atoms with Crippen molar-refractivity contribution in [3.8, 4) is 11.5 Å². The molecule has 1 heterocycles. The number of hydrogen-bond donors (Lipinski definition) is 1. The summed E-state index contributed by atoms with van der Waals surface area (Å²) in [5.41, 5.74) is 6.64. The Bertz CT molecular complexity index is 674. The van der Waals surface area contributed by atoms with Crippen LogP contribution in [-0.2, 0) is 22.6 Å². The van der Waals surface area contributed by atoms with Gasteiger partial charge in [-0.3, -0.25) is 9.69 Å². The summed E-state index contributed by atoms with van der Waals surface area (Å²) in [6.45, 7) is 1.23. The molecule has 0 radical (unpaired) electrons. The van der Waals surface area contributed by atoms with E-state index in [0.29, 0.717) is 29.7 Å². The van der Waals surface area contributed by atoms with Crippen molar-refractivity contribution in [2.75, 3.05) is 33.6 Å². The molecule has 1 aromatic heterocycles. The van der Waals surface area contributed by atoms with Crippen LogP contribution >= 0.6 is 23.7 Å². The lowest BCUT2D eigenvalue weighted by atomic mass is 10.2. The Morgan fingerprint density at radius 2 is 1.80 bits per heavy atom. The van der Waals surface area contributed by atoms with Crippen molar-refractivity contribution in [3.63, 3.8) is 0 Å². The number of methoxy groups -OCH3 is 3. The monoisotopic (exact) mass is 387 g/mol. The largest absolute Gasteiger partial charge is 0.497 e. The topological polar surface area (TPSA) is 86.9 Å². The van der Waals surface area contributed by atoms with E-state index in [0.717, 1.165) is 10.4 Å². The fraction of sp³-hybridized carbons (Fsp3) is 0.375. The van der Waals surface area contributed by atoms with Gasteiger partial charge < -0.3 is 19.9 Å². The SMILES string of the molecule is COC(=O)CN(Cc1cc(OC)cc(OC)c1)Cc1cnc(N)s1.Cl. The van der Waals surface area contributed by atoms with Gasteiger partial charge in [0.2, 0.25) is 0 Å². The van der Waals surface area contributed by atoms with Crippen LogP contribution in [0.15, 0.2) is 24.4 Å². The molecule has 0 aliphatic rings. The number of nitrogens with zero attached hydrogens (tertiary/aromatic N) is 2. The maximum absolute atomic E-state index is 11.7. The standard InChI is InChI=1S/C16H21N3O4S.ClH/c1-21-12-4-11(5-13(6-12)22-2)8-19(10-15(20)23-3)9-14-7-18-16(17)24-14;/h4-7H,8-10H2,1-3H3,(H2,17,18);1H. The number of esters is 1. The highest BCUT2D eigenvalue weighted by molar-refractivity contribution is 7.15. The average molecular weight is 388 g/mol. The first kappa shape index (κ1) is 21.0. The lowest BCUT2D eigenvalue weighted by Crippen LogP contribution is -2.29. The summed E-state index contributed by atoms with van der Waals surface area (Å²) in [7, 11) is 4.58. The van der Waals surface area contributed by atoms with E-state index in [1.807, 2.05) is 17.0 Å². The van der Waals surface area contributed by atoms with E-state index in [1.165, 1.54) is 18.4 Å². The molecule has 25 heavy (non-hydrogen) atoms. The van der Waals surface area contributed by atoms with E-state index in [1.54, 1.807) is 26.5 Å². The van der Waals surface area contributed by atoms with Crippen molar-refractivity contribution in [3.05, 3.63) is 34.8 Å². The molecule has 2 N–H and O–H groups in total. The number of rotatable bonds is 8. The Balaban J connectivity index is 0.00000312. The predicted octanol–water partition coefficient (Wildman–Crippen LogP) is 2.34. The second kappa shape index (κ2) is 10.1. The summed E-state index contributed by atoms with van der Waals surface area (Å²) in [4.78, 5) is 18.7. The number of benzene rings is 1. The van der Waals surface area contributed by atoms with Gasteiger partial charge in [0.1, 0.15) is 11.5 Å². The lowest BCUT2D eigenvalue weighted by Gasteiger charge is -2.21. The van der Waals surface area contributed by atoms with Gasteiger partial charge >= 0.3 is 5.97 Å². The molecule has 0 saturated carbocycles. The molecule has 0 atom stereocenters. The number of nitrogens with two attached hydrogens (primary N) is 1. The van der Waals surface area contributed by atoms with E-state index in [9.17, 15) is 4.79 Å². The van der Waals surface area contributed by atoms with Crippen molar-refractivity contribution in [1.82, 2.24) is 9.88 Å². The first-order valence-corrected chi connectivity index (χ1v) is 8.07. The maximum atomic E-state index is 11.7. The molecule has 0 saturated heterocycles. The number of carbonyl (C=O) groups excluding carboxylic acids is 1. The molecule has 0 amide bonds. The van der Waals surface area contributed by atoms with Crippen LogP contribution in [0.25, 0.3) is 0 Å². The third-order valence-electron chi connectivity index (χ3n) is 3.35. The minimum atomic E-state index is -0.303. The predicted molar refractivity (Wildman–Crippen MR) is 99.5 cm³/mol. The summed E-state index contributed by atoms with van der Waals surface area (Å²) in [5.74, 6) is 1.09. The summed E-state index contributed by atoms with van der Waals surface area (Å²) in [5, 5.41) is 0.506. The first-order valence-electron chi connectivity index (χ1n) is 7.25. The van der Waals surface area contributed by atoms with Crippen LogP contribution in [-0.4, -0.2) is 43.7 Å². The van der Waals surface area contributed by atoms with Crippen molar-refractivity contribution in [1.29, 1.82) is 0 Å². The molecular formula is C16H22ClN3O4S. The summed E-state index contributed by atoms with van der Waals surface area (Å²) in [6.07, 6.45) is 1.72. The molecule has 138 valence electrons. The molecule has 9 heteroatoms.